The summed E-state index contributed by atoms with van der Waals surface area (Å²) in [6.45, 7) is 3.74. The molecule has 2 aromatic carbocycles. The van der Waals surface area contributed by atoms with Crippen molar-refractivity contribution >= 4 is 11.4 Å². The zero-order valence-corrected chi connectivity index (χ0v) is 12.7. The summed E-state index contributed by atoms with van der Waals surface area (Å²) in [5.74, 6) is 0.880. The Morgan fingerprint density at radius 2 is 1.55 bits per heavy atom. The monoisotopic (exact) mass is 293 g/mol. The zero-order valence-electron chi connectivity index (χ0n) is 12.7. The minimum absolute atomic E-state index is 0.750. The molecule has 22 heavy (non-hydrogen) atoms. The van der Waals surface area contributed by atoms with Gasteiger partial charge < -0.3 is 14.5 Å². The highest BCUT2D eigenvalue weighted by atomic mass is 16.5. The van der Waals surface area contributed by atoms with Crippen molar-refractivity contribution < 1.29 is 4.74 Å². The van der Waals surface area contributed by atoms with E-state index in [0.29, 0.717) is 0 Å². The zero-order chi connectivity index (χ0) is 15.4. The molecule has 0 N–H and O–H groups in total. The molecule has 0 spiro atoms. The average molecular weight is 293 g/mol. The van der Waals surface area contributed by atoms with Crippen LogP contribution in [0.4, 0.5) is 11.4 Å². The Morgan fingerprint density at radius 3 is 2.18 bits per heavy atom. The van der Waals surface area contributed by atoms with Gasteiger partial charge in [-0.1, -0.05) is 12.1 Å². The molecule has 0 aliphatic carbocycles. The van der Waals surface area contributed by atoms with E-state index < -0.39 is 0 Å². The number of hydrogen-bond donors (Lipinski definition) is 0. The molecule has 4 nitrogen and oxygen atoms in total. The van der Waals surface area contributed by atoms with Crippen LogP contribution in [-0.4, -0.2) is 33.3 Å². The van der Waals surface area contributed by atoms with Gasteiger partial charge in [-0.3, -0.25) is 0 Å². The Balaban J connectivity index is 1.68. The van der Waals surface area contributed by atoms with E-state index >= 15 is 0 Å². The van der Waals surface area contributed by atoms with Gasteiger partial charge in [0.15, 0.2) is 0 Å². The van der Waals surface area contributed by atoms with Gasteiger partial charge in [0, 0.05) is 31.9 Å². The van der Waals surface area contributed by atoms with Crippen molar-refractivity contribution in [1.29, 1.82) is 5.26 Å². The third kappa shape index (κ3) is 2.84. The van der Waals surface area contributed by atoms with E-state index in [1.165, 1.54) is 5.69 Å². The van der Waals surface area contributed by atoms with Gasteiger partial charge in [0.05, 0.1) is 18.4 Å². The number of piperazine rings is 1. The van der Waals surface area contributed by atoms with Crippen LogP contribution in [0.3, 0.4) is 0 Å². The maximum Gasteiger partial charge on any atom is 0.119 e. The summed E-state index contributed by atoms with van der Waals surface area (Å²) in [4.78, 5) is 4.66. The normalized spacial score (nSPS) is 14.5. The molecular weight excluding hydrogens is 274 g/mol. The van der Waals surface area contributed by atoms with Crippen molar-refractivity contribution in [3.63, 3.8) is 0 Å². The second kappa shape index (κ2) is 6.40. The Bertz CT molecular complexity index is 667. The van der Waals surface area contributed by atoms with Crippen molar-refractivity contribution in [2.45, 2.75) is 0 Å². The second-order valence-electron chi connectivity index (χ2n) is 5.30. The molecule has 3 rings (SSSR count). The number of rotatable bonds is 3. The Morgan fingerprint density at radius 1 is 0.909 bits per heavy atom. The van der Waals surface area contributed by atoms with Gasteiger partial charge in [0.25, 0.3) is 0 Å². The highest BCUT2D eigenvalue weighted by Gasteiger charge is 2.19. The number of nitrogens with zero attached hydrogens (tertiary/aromatic N) is 3. The lowest BCUT2D eigenvalue weighted by molar-refractivity contribution is 0.415. The third-order valence-electron chi connectivity index (χ3n) is 4.08. The van der Waals surface area contributed by atoms with Crippen LogP contribution in [0.2, 0.25) is 0 Å². The number of nitriles is 1. The fraction of sp³-hybridized carbons (Fsp3) is 0.278. The Kier molecular flexibility index (Phi) is 4.15. The van der Waals surface area contributed by atoms with Crippen molar-refractivity contribution in [2.75, 3.05) is 43.1 Å². The van der Waals surface area contributed by atoms with E-state index in [4.69, 9.17) is 4.74 Å². The summed E-state index contributed by atoms with van der Waals surface area (Å²) in [7, 11) is 1.68. The van der Waals surface area contributed by atoms with Gasteiger partial charge in [-0.15, -0.1) is 0 Å². The summed E-state index contributed by atoms with van der Waals surface area (Å²) >= 11 is 0. The van der Waals surface area contributed by atoms with Crippen LogP contribution in [0.5, 0.6) is 5.75 Å². The van der Waals surface area contributed by atoms with E-state index in [-0.39, 0.29) is 0 Å². The van der Waals surface area contributed by atoms with Crippen molar-refractivity contribution in [2.24, 2.45) is 0 Å². The molecule has 0 aromatic heterocycles. The Labute approximate surface area is 131 Å². The lowest BCUT2D eigenvalue weighted by Gasteiger charge is -2.37. The molecule has 112 valence electrons. The molecule has 1 aliphatic rings. The SMILES string of the molecule is COc1ccc(N2CCN(c3ccccc3C#N)CC2)cc1. The van der Waals surface area contributed by atoms with Crippen LogP contribution in [0.25, 0.3) is 0 Å². The topological polar surface area (TPSA) is 39.5 Å². The van der Waals surface area contributed by atoms with E-state index in [1.807, 2.05) is 36.4 Å². The maximum absolute atomic E-state index is 9.23. The molecule has 0 atom stereocenters. The molecular formula is C18H19N3O. The van der Waals surface area contributed by atoms with E-state index in [2.05, 4.69) is 28.0 Å². The van der Waals surface area contributed by atoms with Crippen LogP contribution in [0.15, 0.2) is 48.5 Å². The van der Waals surface area contributed by atoms with Crippen LogP contribution < -0.4 is 14.5 Å². The molecule has 0 bridgehead atoms. The lowest BCUT2D eigenvalue weighted by atomic mass is 10.1. The Hall–Kier alpha value is -2.67. The number of benzene rings is 2. The van der Waals surface area contributed by atoms with E-state index in [9.17, 15) is 5.26 Å². The summed E-state index contributed by atoms with van der Waals surface area (Å²) in [5.41, 5.74) is 3.01. The molecule has 0 unspecified atom stereocenters. The van der Waals surface area contributed by atoms with Gasteiger partial charge in [-0.2, -0.15) is 5.26 Å². The largest absolute Gasteiger partial charge is 0.497 e. The molecule has 1 aliphatic heterocycles. The van der Waals surface area contributed by atoms with Crippen molar-refractivity contribution in [3.05, 3.63) is 54.1 Å². The molecule has 1 fully saturated rings. The minimum atomic E-state index is 0.750. The fourth-order valence-corrected chi connectivity index (χ4v) is 2.84. The first-order valence-electron chi connectivity index (χ1n) is 7.45. The predicted octanol–water partition coefficient (Wildman–Crippen LogP) is 2.89. The lowest BCUT2D eigenvalue weighted by Crippen LogP contribution is -2.46. The average Bonchev–Trinajstić information content (AvgIpc) is 2.62. The van der Waals surface area contributed by atoms with Gasteiger partial charge in [0.2, 0.25) is 0 Å². The predicted molar refractivity (Wildman–Crippen MR) is 88.6 cm³/mol. The molecule has 1 saturated heterocycles. The highest BCUT2D eigenvalue weighted by molar-refractivity contribution is 5.60. The molecule has 0 radical (unpaired) electrons. The summed E-state index contributed by atoms with van der Waals surface area (Å²) in [6, 6.07) is 18.3. The van der Waals surface area contributed by atoms with Crippen LogP contribution in [0.1, 0.15) is 5.56 Å². The standard InChI is InChI=1S/C18H19N3O/c1-22-17-8-6-16(7-9-17)20-10-12-21(13-11-20)18-5-3-2-4-15(18)14-19/h2-9H,10-13H2,1H3. The first-order valence-corrected chi connectivity index (χ1v) is 7.45. The molecule has 1 heterocycles. The minimum Gasteiger partial charge on any atom is -0.497 e. The molecule has 2 aromatic rings. The number of hydrogen-bond acceptors (Lipinski definition) is 4. The quantitative estimate of drug-likeness (QED) is 0.872. The molecule has 0 saturated carbocycles. The van der Waals surface area contributed by atoms with E-state index in [1.54, 1.807) is 7.11 Å². The van der Waals surface area contributed by atoms with Crippen LogP contribution in [0, 0.1) is 11.3 Å². The van der Waals surface area contributed by atoms with Crippen LogP contribution in [-0.2, 0) is 0 Å². The first-order chi connectivity index (χ1) is 10.8. The number of anilines is 2. The van der Waals surface area contributed by atoms with Crippen molar-refractivity contribution in [1.82, 2.24) is 0 Å². The highest BCUT2D eigenvalue weighted by Crippen LogP contribution is 2.24. The summed E-state index contributed by atoms with van der Waals surface area (Å²) in [6.07, 6.45) is 0. The number of para-hydroxylation sites is 1. The molecule has 0 amide bonds. The van der Waals surface area contributed by atoms with Gasteiger partial charge in [-0.05, 0) is 36.4 Å². The summed E-state index contributed by atoms with van der Waals surface area (Å²) in [5, 5.41) is 9.23. The van der Waals surface area contributed by atoms with E-state index in [0.717, 1.165) is 43.2 Å². The third-order valence-corrected chi connectivity index (χ3v) is 4.08. The van der Waals surface area contributed by atoms with Crippen LogP contribution >= 0.6 is 0 Å². The number of methoxy groups -OCH3 is 1. The van der Waals surface area contributed by atoms with Crippen molar-refractivity contribution in [3.8, 4) is 11.8 Å². The maximum atomic E-state index is 9.23. The fourth-order valence-electron chi connectivity index (χ4n) is 2.84. The second-order valence-corrected chi connectivity index (χ2v) is 5.30. The smallest absolute Gasteiger partial charge is 0.119 e. The number of ether oxygens (including phenoxy) is 1. The first kappa shape index (κ1) is 14.3. The molecule has 4 heteroatoms. The summed E-state index contributed by atoms with van der Waals surface area (Å²) < 4.78 is 5.20. The van der Waals surface area contributed by atoms with Gasteiger partial charge >= 0.3 is 0 Å². The van der Waals surface area contributed by atoms with Gasteiger partial charge in [0.1, 0.15) is 11.8 Å². The van der Waals surface area contributed by atoms with Gasteiger partial charge in [-0.25, -0.2) is 0 Å².